The highest BCUT2D eigenvalue weighted by Crippen LogP contribution is 2.40. The van der Waals surface area contributed by atoms with Gasteiger partial charge in [0.15, 0.2) is 0 Å². The number of aryl methyl sites for hydroxylation is 1. The summed E-state index contributed by atoms with van der Waals surface area (Å²) in [6.45, 7) is 1.84. The Morgan fingerprint density at radius 3 is 2.81 bits per heavy atom. The average Bonchev–Trinajstić information content (AvgIpc) is 3.24. The maximum absolute atomic E-state index is 13.8. The molecule has 2 nitrogen and oxygen atoms in total. The predicted octanol–water partition coefficient (Wildman–Crippen LogP) is 4.92. The Kier molecular flexibility index (Phi) is 3.85. The number of allylic oxidation sites excluding steroid dienone is 2. The van der Waals surface area contributed by atoms with Crippen molar-refractivity contribution in [2.75, 3.05) is 4.90 Å². The van der Waals surface area contributed by atoms with Crippen LogP contribution in [-0.4, -0.2) is 5.24 Å². The molecule has 1 saturated carbocycles. The molecule has 0 unspecified atom stereocenters. The van der Waals surface area contributed by atoms with E-state index in [0.29, 0.717) is 5.92 Å². The van der Waals surface area contributed by atoms with Gasteiger partial charge in [-0.15, -0.1) is 0 Å². The van der Waals surface area contributed by atoms with E-state index >= 15 is 0 Å². The molecule has 3 rings (SSSR count). The third-order valence-electron chi connectivity index (χ3n) is 4.05. The monoisotopic (exact) mass is 305 g/mol. The van der Waals surface area contributed by atoms with Crippen molar-refractivity contribution >= 4 is 22.5 Å². The van der Waals surface area contributed by atoms with Gasteiger partial charge in [0.1, 0.15) is 5.82 Å². The van der Waals surface area contributed by atoms with Crippen molar-refractivity contribution in [3.63, 3.8) is 0 Å². The normalized spacial score (nSPS) is 18.4. The Morgan fingerprint density at radius 1 is 1.38 bits per heavy atom. The fourth-order valence-electron chi connectivity index (χ4n) is 2.73. The summed E-state index contributed by atoms with van der Waals surface area (Å²) in [4.78, 5) is 13.3. The fourth-order valence-corrected chi connectivity index (χ4v) is 2.87. The van der Waals surface area contributed by atoms with E-state index in [1.54, 1.807) is 0 Å². The molecule has 0 atom stereocenters. The summed E-state index contributed by atoms with van der Waals surface area (Å²) in [5.41, 5.74) is 2.95. The Balaban J connectivity index is 2.03. The Morgan fingerprint density at radius 2 is 2.14 bits per heavy atom. The van der Waals surface area contributed by atoms with E-state index in [9.17, 15) is 9.18 Å². The predicted molar refractivity (Wildman–Crippen MR) is 83.0 cm³/mol. The molecule has 1 aromatic rings. The van der Waals surface area contributed by atoms with Gasteiger partial charge < -0.3 is 4.90 Å². The lowest BCUT2D eigenvalue weighted by molar-refractivity contribution is 0.107. The summed E-state index contributed by atoms with van der Waals surface area (Å²) in [6, 6.07) is 2.91. The Labute approximate surface area is 128 Å². The quantitative estimate of drug-likeness (QED) is 0.739. The summed E-state index contributed by atoms with van der Waals surface area (Å²) in [5, 5.41) is -0.765. The van der Waals surface area contributed by atoms with E-state index in [4.69, 9.17) is 11.6 Å². The molecule has 1 heterocycles. The van der Waals surface area contributed by atoms with Gasteiger partial charge in [-0.1, -0.05) is 11.6 Å². The molecule has 21 heavy (non-hydrogen) atoms. The molecule has 0 spiro atoms. The maximum Gasteiger partial charge on any atom is 0.255 e. The molecule has 1 aliphatic heterocycles. The first-order chi connectivity index (χ1) is 10.1. The minimum Gasteiger partial charge on any atom is -0.324 e. The van der Waals surface area contributed by atoms with Gasteiger partial charge in [-0.05, 0) is 67.8 Å². The lowest BCUT2D eigenvalue weighted by Gasteiger charge is -2.20. The summed E-state index contributed by atoms with van der Waals surface area (Å²) >= 11 is 5.46. The van der Waals surface area contributed by atoms with Gasteiger partial charge in [0, 0.05) is 18.1 Å². The third kappa shape index (κ3) is 3.03. The first kappa shape index (κ1) is 14.3. The highest BCUT2D eigenvalue weighted by Gasteiger charge is 2.27. The number of halogens is 2. The van der Waals surface area contributed by atoms with Crippen LogP contribution in [-0.2, 0) is 0 Å². The van der Waals surface area contributed by atoms with Crippen LogP contribution >= 0.6 is 11.6 Å². The number of hydrogen-bond acceptors (Lipinski definition) is 2. The van der Waals surface area contributed by atoms with Gasteiger partial charge in [0.05, 0.1) is 5.56 Å². The molecular formula is C17H17ClFNO. The molecule has 1 fully saturated rings. The Hall–Kier alpha value is -1.61. The number of carbonyl (C=O) groups excluding carboxylic acids is 1. The average molecular weight is 306 g/mol. The highest BCUT2D eigenvalue weighted by atomic mass is 35.5. The molecule has 0 radical (unpaired) electrons. The molecule has 1 aliphatic carbocycles. The summed E-state index contributed by atoms with van der Waals surface area (Å²) in [7, 11) is 0. The zero-order valence-corrected chi connectivity index (χ0v) is 12.7. The van der Waals surface area contributed by atoms with Gasteiger partial charge >= 0.3 is 0 Å². The van der Waals surface area contributed by atoms with E-state index in [1.165, 1.54) is 30.5 Å². The molecule has 0 aromatic heterocycles. The minimum absolute atomic E-state index is 0.0729. The van der Waals surface area contributed by atoms with Crippen LogP contribution in [0.3, 0.4) is 0 Å². The zero-order valence-electron chi connectivity index (χ0n) is 11.9. The lowest BCUT2D eigenvalue weighted by Crippen LogP contribution is -2.11. The number of anilines is 1. The summed E-state index contributed by atoms with van der Waals surface area (Å²) in [6.07, 6.45) is 10.8. The van der Waals surface area contributed by atoms with Gasteiger partial charge in [-0.25, -0.2) is 4.39 Å². The van der Waals surface area contributed by atoms with Crippen molar-refractivity contribution in [3.05, 3.63) is 53.1 Å². The van der Waals surface area contributed by atoms with E-state index in [2.05, 4.69) is 12.3 Å². The van der Waals surface area contributed by atoms with Crippen LogP contribution in [0.1, 0.15) is 41.6 Å². The van der Waals surface area contributed by atoms with Crippen molar-refractivity contribution < 1.29 is 9.18 Å². The SMILES string of the molecule is Cc1cc(F)c(C(=O)Cl)cc1N1C=CCCC(C2CC2)=C1. The zero-order chi connectivity index (χ0) is 15.0. The first-order valence-corrected chi connectivity index (χ1v) is 7.59. The lowest BCUT2D eigenvalue weighted by atomic mass is 10.1. The van der Waals surface area contributed by atoms with Gasteiger partial charge in [-0.2, -0.15) is 0 Å². The van der Waals surface area contributed by atoms with Crippen LogP contribution in [0.5, 0.6) is 0 Å². The summed E-state index contributed by atoms with van der Waals surface area (Å²) in [5.74, 6) is 0.128. The highest BCUT2D eigenvalue weighted by molar-refractivity contribution is 6.67. The minimum atomic E-state index is -0.765. The van der Waals surface area contributed by atoms with Crippen molar-refractivity contribution in [3.8, 4) is 0 Å². The molecule has 0 N–H and O–H groups in total. The van der Waals surface area contributed by atoms with Crippen LogP contribution in [0.2, 0.25) is 0 Å². The molecule has 2 aliphatic rings. The van der Waals surface area contributed by atoms with Crippen molar-refractivity contribution in [1.29, 1.82) is 0 Å². The van der Waals surface area contributed by atoms with E-state index < -0.39 is 11.1 Å². The topological polar surface area (TPSA) is 20.3 Å². The maximum atomic E-state index is 13.8. The van der Waals surface area contributed by atoms with Crippen molar-refractivity contribution in [2.45, 2.75) is 32.6 Å². The molecule has 0 amide bonds. The van der Waals surface area contributed by atoms with Crippen LogP contribution < -0.4 is 4.90 Å². The molecular weight excluding hydrogens is 289 g/mol. The molecule has 110 valence electrons. The first-order valence-electron chi connectivity index (χ1n) is 7.22. The Bertz CT molecular complexity index is 646. The fraction of sp³-hybridized carbons (Fsp3) is 0.353. The van der Waals surface area contributed by atoms with Crippen LogP contribution in [0.15, 0.2) is 36.2 Å². The second-order valence-electron chi connectivity index (χ2n) is 5.70. The smallest absolute Gasteiger partial charge is 0.255 e. The number of benzene rings is 1. The largest absolute Gasteiger partial charge is 0.324 e. The van der Waals surface area contributed by atoms with Crippen molar-refractivity contribution in [2.24, 2.45) is 5.92 Å². The molecule has 4 heteroatoms. The molecule has 1 aromatic carbocycles. The number of carbonyl (C=O) groups is 1. The van der Waals surface area contributed by atoms with E-state index in [1.807, 2.05) is 18.0 Å². The number of rotatable bonds is 3. The van der Waals surface area contributed by atoms with Gasteiger partial charge in [-0.3, -0.25) is 4.79 Å². The van der Waals surface area contributed by atoms with Crippen LogP contribution in [0.25, 0.3) is 0 Å². The second kappa shape index (κ2) is 5.64. The van der Waals surface area contributed by atoms with Crippen LogP contribution in [0.4, 0.5) is 10.1 Å². The standard InChI is InChI=1S/C17H17ClFNO/c1-11-8-15(19)14(17(18)21)9-16(11)20-7-3-2-4-13(10-20)12-5-6-12/h3,7-10,12H,2,4-6H2,1H3. The van der Waals surface area contributed by atoms with Gasteiger partial charge in [0.2, 0.25) is 0 Å². The number of hydrogen-bond donors (Lipinski definition) is 0. The van der Waals surface area contributed by atoms with E-state index in [0.717, 1.165) is 24.1 Å². The van der Waals surface area contributed by atoms with Crippen molar-refractivity contribution in [1.82, 2.24) is 0 Å². The van der Waals surface area contributed by atoms with Gasteiger partial charge in [0.25, 0.3) is 5.24 Å². The molecule has 0 saturated heterocycles. The molecule has 0 bridgehead atoms. The number of nitrogens with zero attached hydrogens (tertiary/aromatic N) is 1. The second-order valence-corrected chi connectivity index (χ2v) is 6.04. The van der Waals surface area contributed by atoms with E-state index in [-0.39, 0.29) is 5.56 Å². The summed E-state index contributed by atoms with van der Waals surface area (Å²) < 4.78 is 13.8. The van der Waals surface area contributed by atoms with Crippen LogP contribution in [0, 0.1) is 18.7 Å². The third-order valence-corrected chi connectivity index (χ3v) is 4.25.